The van der Waals surface area contributed by atoms with Crippen LogP contribution in [0, 0.1) is 10.1 Å². The first-order chi connectivity index (χ1) is 10.1. The first-order valence-corrected chi connectivity index (χ1v) is 6.14. The van der Waals surface area contributed by atoms with E-state index in [2.05, 4.69) is 15.3 Å². The largest absolute Gasteiger partial charge is 0.324 e. The lowest BCUT2D eigenvalue weighted by molar-refractivity contribution is -0.383. The summed E-state index contributed by atoms with van der Waals surface area (Å²) in [6.45, 7) is 0. The predicted molar refractivity (Wildman–Crippen MR) is 77.1 cm³/mol. The summed E-state index contributed by atoms with van der Waals surface area (Å²) in [5.41, 5.74) is 1.08. The van der Waals surface area contributed by atoms with Crippen LogP contribution in [-0.2, 0) is 0 Å². The highest BCUT2D eigenvalue weighted by molar-refractivity contribution is 6.04. The number of non-ortho nitro benzene ring substituents is 1. The average molecular weight is 282 g/mol. The Bertz CT molecular complexity index is 827. The van der Waals surface area contributed by atoms with Crippen LogP contribution >= 0.6 is 0 Å². The fourth-order valence-electron chi connectivity index (χ4n) is 1.99. The van der Waals surface area contributed by atoms with E-state index in [9.17, 15) is 14.9 Å². The lowest BCUT2D eigenvalue weighted by Crippen LogP contribution is -2.12. The van der Waals surface area contributed by atoms with Crippen LogP contribution in [0.5, 0.6) is 0 Å². The van der Waals surface area contributed by atoms with Crippen LogP contribution in [-0.4, -0.2) is 20.8 Å². The maximum absolute atomic E-state index is 12.0. The van der Waals surface area contributed by atoms with Gasteiger partial charge in [-0.3, -0.25) is 20.2 Å². The number of carbonyl (C=O) groups is 1. The molecule has 2 N–H and O–H groups in total. The van der Waals surface area contributed by atoms with Gasteiger partial charge >= 0.3 is 0 Å². The van der Waals surface area contributed by atoms with E-state index >= 15 is 0 Å². The number of fused-ring (bicyclic) bond motifs is 1. The van der Waals surface area contributed by atoms with Crippen LogP contribution in [0.1, 0.15) is 10.4 Å². The van der Waals surface area contributed by atoms with Gasteiger partial charge in [0.1, 0.15) is 0 Å². The summed E-state index contributed by atoms with van der Waals surface area (Å²) in [6.07, 6.45) is 0. The number of benzene rings is 2. The Labute approximate surface area is 118 Å². The molecule has 21 heavy (non-hydrogen) atoms. The monoisotopic (exact) mass is 282 g/mol. The molecule has 104 valence electrons. The maximum atomic E-state index is 12.0. The average Bonchev–Trinajstić information content (AvgIpc) is 2.89. The van der Waals surface area contributed by atoms with E-state index in [4.69, 9.17) is 0 Å². The normalized spacial score (nSPS) is 10.5. The van der Waals surface area contributed by atoms with Gasteiger partial charge < -0.3 is 4.98 Å². The Morgan fingerprint density at radius 2 is 1.90 bits per heavy atom. The Morgan fingerprint density at radius 1 is 1.14 bits per heavy atom. The molecular formula is C14H10N4O3. The van der Waals surface area contributed by atoms with Crippen LogP contribution in [0.4, 0.5) is 11.6 Å². The van der Waals surface area contributed by atoms with Crippen molar-refractivity contribution in [1.29, 1.82) is 0 Å². The van der Waals surface area contributed by atoms with Gasteiger partial charge in [-0.05, 0) is 18.2 Å². The van der Waals surface area contributed by atoms with Crippen molar-refractivity contribution in [3.63, 3.8) is 0 Å². The number of amides is 1. The molecule has 0 fully saturated rings. The molecule has 3 aromatic rings. The number of hydrogen-bond acceptors (Lipinski definition) is 4. The van der Waals surface area contributed by atoms with Crippen LogP contribution in [0.25, 0.3) is 11.0 Å². The Hall–Kier alpha value is -3.22. The molecular weight excluding hydrogens is 272 g/mol. The van der Waals surface area contributed by atoms with Crippen molar-refractivity contribution in [3.8, 4) is 0 Å². The van der Waals surface area contributed by atoms with E-state index in [0.29, 0.717) is 11.1 Å². The quantitative estimate of drug-likeness (QED) is 0.569. The summed E-state index contributed by atoms with van der Waals surface area (Å²) in [5.74, 6) is -0.162. The number of carbonyl (C=O) groups excluding carboxylic acids is 1. The molecule has 0 bridgehead atoms. The molecule has 7 nitrogen and oxygen atoms in total. The number of nitrogens with zero attached hydrogens (tertiary/aromatic N) is 2. The van der Waals surface area contributed by atoms with E-state index in [1.807, 2.05) is 0 Å². The van der Waals surface area contributed by atoms with Crippen LogP contribution in [0.2, 0.25) is 0 Å². The van der Waals surface area contributed by atoms with Crippen molar-refractivity contribution >= 4 is 28.6 Å². The number of hydrogen-bond donors (Lipinski definition) is 2. The molecule has 0 saturated heterocycles. The van der Waals surface area contributed by atoms with Gasteiger partial charge in [0.2, 0.25) is 5.95 Å². The Morgan fingerprint density at radius 3 is 2.62 bits per heavy atom. The molecule has 2 aromatic carbocycles. The van der Waals surface area contributed by atoms with E-state index in [1.54, 1.807) is 42.5 Å². The third-order valence-electron chi connectivity index (χ3n) is 2.96. The molecule has 1 amide bonds. The minimum Gasteiger partial charge on any atom is -0.324 e. The highest BCUT2D eigenvalue weighted by atomic mass is 16.6. The number of aromatic nitrogens is 2. The SMILES string of the molecule is O=C(Nc1nc2c([N+](=O)[O-])cccc2[nH]1)c1ccccc1. The third-order valence-corrected chi connectivity index (χ3v) is 2.96. The molecule has 3 rings (SSSR count). The number of nitro benzene ring substituents is 1. The number of para-hydroxylation sites is 1. The third kappa shape index (κ3) is 2.44. The first kappa shape index (κ1) is 12.8. The molecule has 1 aromatic heterocycles. The number of nitrogens with one attached hydrogen (secondary N) is 2. The number of nitro groups is 1. The molecule has 1 heterocycles. The zero-order valence-electron chi connectivity index (χ0n) is 10.7. The van der Waals surface area contributed by atoms with Gasteiger partial charge in [-0.25, -0.2) is 4.98 Å². The number of rotatable bonds is 3. The Balaban J connectivity index is 1.94. The molecule has 0 spiro atoms. The van der Waals surface area contributed by atoms with Gasteiger partial charge in [0, 0.05) is 11.6 Å². The van der Waals surface area contributed by atoms with Gasteiger partial charge in [0.05, 0.1) is 10.4 Å². The van der Waals surface area contributed by atoms with Gasteiger partial charge in [-0.15, -0.1) is 0 Å². The lowest BCUT2D eigenvalue weighted by Gasteiger charge is -2.00. The van der Waals surface area contributed by atoms with Crippen molar-refractivity contribution in [3.05, 3.63) is 64.2 Å². The second-order valence-corrected chi connectivity index (χ2v) is 4.34. The summed E-state index contributed by atoms with van der Waals surface area (Å²) >= 11 is 0. The van der Waals surface area contributed by atoms with Gasteiger partial charge in [0.25, 0.3) is 11.6 Å². The van der Waals surface area contributed by atoms with Crippen molar-refractivity contribution in [1.82, 2.24) is 9.97 Å². The fraction of sp³-hybridized carbons (Fsp3) is 0. The van der Waals surface area contributed by atoms with Crippen molar-refractivity contribution in [2.24, 2.45) is 0 Å². The zero-order chi connectivity index (χ0) is 14.8. The zero-order valence-corrected chi connectivity index (χ0v) is 10.7. The number of anilines is 1. The van der Waals surface area contributed by atoms with Gasteiger partial charge in [-0.2, -0.15) is 0 Å². The summed E-state index contributed by atoms with van der Waals surface area (Å²) < 4.78 is 0. The number of aromatic amines is 1. The lowest BCUT2D eigenvalue weighted by atomic mass is 10.2. The second-order valence-electron chi connectivity index (χ2n) is 4.34. The van der Waals surface area contributed by atoms with E-state index < -0.39 is 4.92 Å². The van der Waals surface area contributed by atoms with Gasteiger partial charge in [0.15, 0.2) is 5.52 Å². The summed E-state index contributed by atoms with van der Waals surface area (Å²) in [6, 6.07) is 13.2. The first-order valence-electron chi connectivity index (χ1n) is 6.14. The highest BCUT2D eigenvalue weighted by Gasteiger charge is 2.16. The molecule has 0 unspecified atom stereocenters. The number of H-pyrrole nitrogens is 1. The summed E-state index contributed by atoms with van der Waals surface area (Å²) in [7, 11) is 0. The van der Waals surface area contributed by atoms with E-state index in [-0.39, 0.29) is 23.1 Å². The standard InChI is InChI=1S/C14H10N4O3/c19-13(9-5-2-1-3-6-9)17-14-15-10-7-4-8-11(18(20)21)12(10)16-14/h1-8H,(H2,15,16,17,19). The minimum atomic E-state index is -0.508. The summed E-state index contributed by atoms with van der Waals surface area (Å²) in [5, 5.41) is 13.5. The topological polar surface area (TPSA) is 101 Å². The molecule has 0 aliphatic rings. The fourth-order valence-corrected chi connectivity index (χ4v) is 1.99. The highest BCUT2D eigenvalue weighted by Crippen LogP contribution is 2.24. The molecule has 0 atom stereocenters. The Kier molecular flexibility index (Phi) is 3.07. The predicted octanol–water partition coefficient (Wildman–Crippen LogP) is 2.72. The molecule has 0 saturated carbocycles. The van der Waals surface area contributed by atoms with Crippen LogP contribution in [0.15, 0.2) is 48.5 Å². The van der Waals surface area contributed by atoms with Crippen molar-refractivity contribution in [2.45, 2.75) is 0 Å². The molecule has 0 aliphatic heterocycles. The smallest absolute Gasteiger partial charge is 0.297 e. The van der Waals surface area contributed by atoms with Crippen molar-refractivity contribution < 1.29 is 9.72 Å². The van der Waals surface area contributed by atoms with E-state index in [0.717, 1.165) is 0 Å². The maximum Gasteiger partial charge on any atom is 0.297 e. The molecule has 0 aliphatic carbocycles. The molecule has 0 radical (unpaired) electrons. The van der Waals surface area contributed by atoms with Gasteiger partial charge in [-0.1, -0.05) is 24.3 Å². The minimum absolute atomic E-state index is 0.107. The number of imidazole rings is 1. The van der Waals surface area contributed by atoms with Crippen LogP contribution in [0.3, 0.4) is 0 Å². The summed E-state index contributed by atoms with van der Waals surface area (Å²) in [4.78, 5) is 29.3. The molecule has 7 heteroatoms. The van der Waals surface area contributed by atoms with E-state index in [1.165, 1.54) is 6.07 Å². The second kappa shape index (κ2) is 5.04. The van der Waals surface area contributed by atoms with Crippen molar-refractivity contribution in [2.75, 3.05) is 5.32 Å². The van der Waals surface area contributed by atoms with Crippen LogP contribution < -0.4 is 5.32 Å².